The molecule has 4 aromatic rings. The second-order valence-corrected chi connectivity index (χ2v) is 13.8. The second-order valence-electron chi connectivity index (χ2n) is 10.7. The normalized spacial score (nSPS) is 13.4. The van der Waals surface area contributed by atoms with Gasteiger partial charge in [-0.15, -0.1) is 23.5 Å². The zero-order valence-corrected chi connectivity index (χ0v) is 28.1. The van der Waals surface area contributed by atoms with E-state index in [9.17, 15) is 0 Å². The highest BCUT2D eigenvalue weighted by Gasteiger charge is 2.39. The van der Waals surface area contributed by atoms with Crippen molar-refractivity contribution in [3.05, 3.63) is 156 Å². The van der Waals surface area contributed by atoms with E-state index in [1.165, 1.54) is 0 Å². The summed E-state index contributed by atoms with van der Waals surface area (Å²) in [6.07, 6.45) is -1.19. The summed E-state index contributed by atoms with van der Waals surface area (Å²) in [6.45, 7) is 11.1. The Balaban J connectivity index is 1.66. The molecule has 4 aromatic carbocycles. The molecular formula is C39H46O4S2. The van der Waals surface area contributed by atoms with Crippen LogP contribution in [-0.2, 0) is 45.4 Å². The fraction of sp³-hybridized carbons (Fsp3) is 0.333. The van der Waals surface area contributed by atoms with E-state index >= 15 is 0 Å². The first kappa shape index (κ1) is 35.0. The summed E-state index contributed by atoms with van der Waals surface area (Å²) in [5.74, 6) is 1.93. The van der Waals surface area contributed by atoms with Crippen molar-refractivity contribution in [3.63, 3.8) is 0 Å². The van der Waals surface area contributed by atoms with Crippen molar-refractivity contribution in [1.29, 1.82) is 0 Å². The molecule has 0 saturated heterocycles. The maximum absolute atomic E-state index is 6.90. The largest absolute Gasteiger partial charge is 0.372 e. The van der Waals surface area contributed by atoms with Crippen LogP contribution in [0, 0.1) is 0 Å². The predicted molar refractivity (Wildman–Crippen MR) is 190 cm³/mol. The first-order valence-electron chi connectivity index (χ1n) is 15.7. The van der Waals surface area contributed by atoms with Gasteiger partial charge < -0.3 is 18.9 Å². The smallest absolute Gasteiger partial charge is 0.116 e. The Bertz CT molecular complexity index is 1330. The second kappa shape index (κ2) is 20.3. The molecule has 0 bridgehead atoms. The van der Waals surface area contributed by atoms with E-state index in [-0.39, 0.29) is 10.7 Å². The average molecular weight is 643 g/mol. The third-order valence-corrected chi connectivity index (χ3v) is 9.87. The maximum Gasteiger partial charge on any atom is 0.116 e. The van der Waals surface area contributed by atoms with Crippen LogP contribution in [0.2, 0.25) is 0 Å². The number of benzene rings is 4. The Kier molecular flexibility index (Phi) is 15.8. The minimum absolute atomic E-state index is 0.130. The third kappa shape index (κ3) is 12.1. The molecule has 6 heteroatoms. The van der Waals surface area contributed by atoms with Gasteiger partial charge in [-0.3, -0.25) is 0 Å². The van der Waals surface area contributed by atoms with Crippen LogP contribution in [0.4, 0.5) is 0 Å². The lowest BCUT2D eigenvalue weighted by molar-refractivity contribution is -0.138. The molecule has 0 amide bonds. The van der Waals surface area contributed by atoms with Crippen LogP contribution in [0.3, 0.4) is 0 Å². The zero-order chi connectivity index (χ0) is 31.5. The Morgan fingerprint density at radius 1 is 0.533 bits per heavy atom. The molecule has 0 fully saturated rings. The van der Waals surface area contributed by atoms with Crippen LogP contribution in [0.5, 0.6) is 0 Å². The Hall–Kier alpha value is -2.84. The molecule has 0 unspecified atom stereocenters. The lowest BCUT2D eigenvalue weighted by atomic mass is 10.0. The van der Waals surface area contributed by atoms with Gasteiger partial charge in [0.05, 0.1) is 37.6 Å². The molecular weight excluding hydrogens is 597 g/mol. The van der Waals surface area contributed by atoms with Gasteiger partial charge in [-0.25, -0.2) is 0 Å². The first-order chi connectivity index (χ1) is 22.2. The summed E-state index contributed by atoms with van der Waals surface area (Å²) in [5, 5.41) is 0. The standard InChI is InChI=1S/C39H46O4S2/c1-4-44-39(45-5-2)38(43-30-35-24-16-9-17-25-35)37(42-29-34-22-14-8-15-23-34)36(41-28-33-20-12-7-13-21-33)31(3)26-40-27-32-18-10-6-11-19-32/h6-25,36-39H,3-5,26-30H2,1-2H3/t36-,37+,38-/m1/s1. The lowest BCUT2D eigenvalue weighted by Gasteiger charge is -2.38. The molecule has 0 aliphatic rings. The first-order valence-corrected chi connectivity index (χ1v) is 17.8. The molecule has 0 N–H and O–H groups in total. The van der Waals surface area contributed by atoms with Gasteiger partial charge in [-0.1, -0.05) is 142 Å². The van der Waals surface area contributed by atoms with Crippen molar-refractivity contribution in [1.82, 2.24) is 0 Å². The summed E-state index contributed by atoms with van der Waals surface area (Å²) in [7, 11) is 0. The van der Waals surface area contributed by atoms with Crippen LogP contribution in [0.1, 0.15) is 36.1 Å². The SMILES string of the molecule is C=C(COCc1ccccc1)[C@@H](OCc1ccccc1)[C@H](OCc1ccccc1)[C@@H](OCc1ccccc1)C(SCC)SCC. The molecule has 0 radical (unpaired) electrons. The van der Waals surface area contributed by atoms with Crippen molar-refractivity contribution in [2.45, 2.75) is 63.2 Å². The molecule has 0 aliphatic carbocycles. The molecule has 0 aliphatic heterocycles. The van der Waals surface area contributed by atoms with Gasteiger partial charge in [0.25, 0.3) is 0 Å². The molecule has 0 saturated carbocycles. The number of thioether (sulfide) groups is 2. The topological polar surface area (TPSA) is 36.9 Å². The highest BCUT2D eigenvalue weighted by molar-refractivity contribution is 8.17. The molecule has 0 heterocycles. The molecule has 4 nitrogen and oxygen atoms in total. The summed E-state index contributed by atoms with van der Waals surface area (Å²) in [6, 6.07) is 41.1. The van der Waals surface area contributed by atoms with E-state index in [1.807, 2.05) is 96.3 Å². The van der Waals surface area contributed by atoms with Crippen LogP contribution >= 0.6 is 23.5 Å². The Labute approximate surface area is 278 Å². The highest BCUT2D eigenvalue weighted by Crippen LogP contribution is 2.35. The quantitative estimate of drug-likeness (QED) is 0.0666. The zero-order valence-electron chi connectivity index (χ0n) is 26.5. The monoisotopic (exact) mass is 642 g/mol. The lowest BCUT2D eigenvalue weighted by Crippen LogP contribution is -2.48. The molecule has 0 aromatic heterocycles. The van der Waals surface area contributed by atoms with Gasteiger partial charge in [0, 0.05) is 0 Å². The summed E-state index contributed by atoms with van der Waals surface area (Å²) >= 11 is 3.79. The molecule has 4 rings (SSSR count). The number of hydrogen-bond donors (Lipinski definition) is 0. The van der Waals surface area contributed by atoms with E-state index < -0.39 is 12.2 Å². The summed E-state index contributed by atoms with van der Waals surface area (Å²) in [5.41, 5.74) is 5.26. The average Bonchev–Trinajstić information content (AvgIpc) is 3.09. The Morgan fingerprint density at radius 3 is 1.33 bits per heavy atom. The predicted octanol–water partition coefficient (Wildman–Crippen LogP) is 9.35. The van der Waals surface area contributed by atoms with Gasteiger partial charge in [-0.2, -0.15) is 0 Å². The van der Waals surface area contributed by atoms with Gasteiger partial charge in [-0.05, 0) is 39.3 Å². The van der Waals surface area contributed by atoms with Crippen LogP contribution in [0.25, 0.3) is 0 Å². The number of rotatable bonds is 21. The third-order valence-electron chi connectivity index (χ3n) is 7.20. The van der Waals surface area contributed by atoms with E-state index in [1.54, 1.807) is 0 Å². The van der Waals surface area contributed by atoms with Gasteiger partial charge in [0.2, 0.25) is 0 Å². The van der Waals surface area contributed by atoms with Crippen molar-refractivity contribution >= 4 is 23.5 Å². The van der Waals surface area contributed by atoms with Crippen molar-refractivity contribution < 1.29 is 18.9 Å². The summed E-state index contributed by atoms with van der Waals surface area (Å²) in [4.78, 5) is 0. The van der Waals surface area contributed by atoms with Gasteiger partial charge in [0.1, 0.15) is 18.3 Å². The number of hydrogen-bond acceptors (Lipinski definition) is 6. The van der Waals surface area contributed by atoms with Crippen LogP contribution in [0.15, 0.2) is 133 Å². The van der Waals surface area contributed by atoms with E-state index in [2.05, 4.69) is 69.0 Å². The van der Waals surface area contributed by atoms with Crippen molar-refractivity contribution in [2.75, 3.05) is 18.1 Å². The molecule has 3 atom stereocenters. The fourth-order valence-corrected chi connectivity index (χ4v) is 7.65. The van der Waals surface area contributed by atoms with E-state index in [0.29, 0.717) is 33.0 Å². The van der Waals surface area contributed by atoms with E-state index in [4.69, 9.17) is 18.9 Å². The van der Waals surface area contributed by atoms with Crippen molar-refractivity contribution in [2.24, 2.45) is 0 Å². The minimum Gasteiger partial charge on any atom is -0.372 e. The summed E-state index contributed by atoms with van der Waals surface area (Å²) < 4.78 is 26.9. The van der Waals surface area contributed by atoms with Crippen LogP contribution < -0.4 is 0 Å². The minimum atomic E-state index is -0.470. The van der Waals surface area contributed by atoms with Crippen LogP contribution in [-0.4, -0.2) is 41.0 Å². The van der Waals surface area contributed by atoms with Gasteiger partial charge >= 0.3 is 0 Å². The molecule has 0 spiro atoms. The maximum atomic E-state index is 6.90. The number of ether oxygens (including phenoxy) is 4. The molecule has 45 heavy (non-hydrogen) atoms. The fourth-order valence-electron chi connectivity index (χ4n) is 4.94. The van der Waals surface area contributed by atoms with Crippen molar-refractivity contribution in [3.8, 4) is 0 Å². The van der Waals surface area contributed by atoms with Gasteiger partial charge in [0.15, 0.2) is 0 Å². The van der Waals surface area contributed by atoms with E-state index in [0.717, 1.165) is 39.3 Å². The molecule has 238 valence electrons. The highest BCUT2D eigenvalue weighted by atomic mass is 32.2. The Morgan fingerprint density at radius 2 is 0.911 bits per heavy atom.